The van der Waals surface area contributed by atoms with E-state index in [1.165, 1.54) is 0 Å². The lowest BCUT2D eigenvalue weighted by atomic mass is 10.1. The van der Waals surface area contributed by atoms with E-state index in [9.17, 15) is 13.6 Å². The summed E-state index contributed by atoms with van der Waals surface area (Å²) in [5.74, 6) is -1.90. The van der Waals surface area contributed by atoms with Crippen LogP contribution in [0.15, 0.2) is 29.3 Å². The Hall–Kier alpha value is -1.42. The third-order valence-corrected chi connectivity index (χ3v) is 3.86. The van der Waals surface area contributed by atoms with Gasteiger partial charge in [0.2, 0.25) is 5.91 Å². The lowest BCUT2D eigenvalue weighted by Gasteiger charge is -2.06. The average molecular weight is 300 g/mol. The third kappa shape index (κ3) is 3.01. The number of amides is 1. The molecule has 0 aliphatic heterocycles. The van der Waals surface area contributed by atoms with E-state index >= 15 is 0 Å². The molecule has 1 aromatic carbocycles. The van der Waals surface area contributed by atoms with Gasteiger partial charge in [-0.05, 0) is 30.4 Å². The summed E-state index contributed by atoms with van der Waals surface area (Å²) >= 11 is 5.84. The Kier molecular flexibility index (Phi) is 3.87. The number of hydrogen-bond acceptors (Lipinski definition) is 1. The molecule has 20 heavy (non-hydrogen) atoms. The number of anilines is 1. The number of carbonyl (C=O) groups is 1. The molecule has 1 N–H and O–H groups in total. The van der Waals surface area contributed by atoms with Gasteiger partial charge >= 0.3 is 0 Å². The summed E-state index contributed by atoms with van der Waals surface area (Å²) in [7, 11) is 0. The molecule has 1 fully saturated rings. The highest BCUT2D eigenvalue weighted by Gasteiger charge is 2.60. The van der Waals surface area contributed by atoms with Gasteiger partial charge in [-0.2, -0.15) is 0 Å². The first-order valence-electron chi connectivity index (χ1n) is 6.32. The second-order valence-corrected chi connectivity index (χ2v) is 6.32. The van der Waals surface area contributed by atoms with Gasteiger partial charge in [0.15, 0.2) is 0 Å². The van der Waals surface area contributed by atoms with Crippen molar-refractivity contribution in [3.05, 3.63) is 40.9 Å². The zero-order valence-corrected chi connectivity index (χ0v) is 12.3. The monoisotopic (exact) mass is 299 g/mol. The highest BCUT2D eigenvalue weighted by Crippen LogP contribution is 2.59. The summed E-state index contributed by atoms with van der Waals surface area (Å²) in [6.07, 6.45) is 1.85. The first-order chi connectivity index (χ1) is 9.21. The Bertz CT molecular complexity index is 559. The zero-order chi connectivity index (χ0) is 15.1. The van der Waals surface area contributed by atoms with Gasteiger partial charge in [-0.15, -0.1) is 0 Å². The molecular weight excluding hydrogens is 284 g/mol. The van der Waals surface area contributed by atoms with E-state index < -0.39 is 11.6 Å². The maximum atomic E-state index is 13.1. The van der Waals surface area contributed by atoms with Crippen LogP contribution in [0.2, 0.25) is 0 Å². The Labute approximate surface area is 121 Å². The third-order valence-electron chi connectivity index (χ3n) is 3.73. The maximum absolute atomic E-state index is 13.1. The molecule has 1 saturated carbocycles. The smallest absolute Gasteiger partial charge is 0.228 e. The lowest BCUT2D eigenvalue weighted by molar-refractivity contribution is -0.118. The molecule has 0 unspecified atom stereocenters. The molecule has 0 heterocycles. The minimum Gasteiger partial charge on any atom is -0.326 e. The minimum atomic E-state index is -0.719. The second-order valence-electron chi connectivity index (χ2n) is 5.73. The van der Waals surface area contributed by atoms with Gasteiger partial charge in [0.05, 0.1) is 5.92 Å². The topological polar surface area (TPSA) is 29.1 Å². The normalized spacial score (nSPS) is 24.4. The van der Waals surface area contributed by atoms with Gasteiger partial charge < -0.3 is 5.32 Å². The van der Waals surface area contributed by atoms with Gasteiger partial charge in [-0.25, -0.2) is 8.78 Å². The maximum Gasteiger partial charge on any atom is 0.228 e. The number of nitrogens with one attached hydrogen (secondary N) is 1. The fraction of sp³-hybridized carbons (Fsp3) is 0.400. The number of hydrogen-bond donors (Lipinski definition) is 1. The minimum absolute atomic E-state index is 0.0402. The summed E-state index contributed by atoms with van der Waals surface area (Å²) in [5.41, 5.74) is -0.0768. The highest BCUT2D eigenvalue weighted by atomic mass is 35.5. The molecule has 0 radical (unpaired) electrons. The summed E-state index contributed by atoms with van der Waals surface area (Å²) in [6.45, 7) is 5.68. The fourth-order valence-corrected chi connectivity index (χ4v) is 2.72. The van der Waals surface area contributed by atoms with Crippen LogP contribution in [0.3, 0.4) is 0 Å². The van der Waals surface area contributed by atoms with Crippen molar-refractivity contribution in [3.8, 4) is 0 Å². The molecule has 2 rings (SSSR count). The molecule has 5 heteroatoms. The van der Waals surface area contributed by atoms with Crippen LogP contribution in [0.1, 0.15) is 20.8 Å². The molecule has 1 aromatic rings. The van der Waals surface area contributed by atoms with Crippen molar-refractivity contribution in [2.75, 3.05) is 5.32 Å². The average Bonchev–Trinajstić information content (AvgIpc) is 2.77. The molecule has 2 nitrogen and oxygen atoms in total. The summed E-state index contributed by atoms with van der Waals surface area (Å²) in [4.78, 5) is 12.2. The highest BCUT2D eigenvalue weighted by molar-refractivity contribution is 6.29. The molecule has 2 atom stereocenters. The van der Waals surface area contributed by atoms with Crippen LogP contribution in [-0.2, 0) is 4.79 Å². The van der Waals surface area contributed by atoms with E-state index in [4.69, 9.17) is 11.6 Å². The van der Waals surface area contributed by atoms with E-state index in [-0.39, 0.29) is 28.8 Å². The molecule has 1 amide bonds. The molecule has 108 valence electrons. The van der Waals surface area contributed by atoms with E-state index in [0.717, 1.165) is 18.2 Å². The molecule has 0 spiro atoms. The predicted molar refractivity (Wildman–Crippen MR) is 75.4 cm³/mol. The van der Waals surface area contributed by atoms with Gasteiger partial charge in [0.25, 0.3) is 0 Å². The summed E-state index contributed by atoms with van der Waals surface area (Å²) in [6, 6.07) is 2.95. The van der Waals surface area contributed by atoms with E-state index in [1.807, 2.05) is 19.9 Å². The number of benzene rings is 1. The number of rotatable bonds is 3. The van der Waals surface area contributed by atoms with Crippen molar-refractivity contribution in [1.82, 2.24) is 0 Å². The van der Waals surface area contributed by atoms with Crippen molar-refractivity contribution in [1.29, 1.82) is 0 Å². The molecule has 1 aliphatic rings. The summed E-state index contributed by atoms with van der Waals surface area (Å²) < 4.78 is 26.2. The van der Waals surface area contributed by atoms with Crippen molar-refractivity contribution < 1.29 is 13.6 Å². The van der Waals surface area contributed by atoms with Crippen molar-refractivity contribution in [2.24, 2.45) is 17.3 Å². The molecule has 0 bridgehead atoms. The lowest BCUT2D eigenvalue weighted by Crippen LogP contribution is -2.17. The number of halogens is 3. The number of carbonyl (C=O) groups excluding carboxylic acids is 1. The van der Waals surface area contributed by atoms with Crippen LogP contribution in [0, 0.1) is 28.9 Å². The Morgan fingerprint density at radius 2 is 1.85 bits per heavy atom. The van der Waals surface area contributed by atoms with E-state index in [0.29, 0.717) is 5.03 Å². The van der Waals surface area contributed by atoms with Crippen LogP contribution < -0.4 is 5.32 Å². The van der Waals surface area contributed by atoms with E-state index in [1.54, 1.807) is 6.92 Å². The van der Waals surface area contributed by atoms with Crippen LogP contribution in [0.5, 0.6) is 0 Å². The van der Waals surface area contributed by atoms with Crippen LogP contribution in [-0.4, -0.2) is 5.91 Å². The molecule has 1 aliphatic carbocycles. The molecular formula is C15H16ClF2NO. The van der Waals surface area contributed by atoms with Crippen molar-refractivity contribution in [2.45, 2.75) is 20.8 Å². The van der Waals surface area contributed by atoms with Gasteiger partial charge in [0.1, 0.15) is 11.6 Å². The van der Waals surface area contributed by atoms with Crippen LogP contribution in [0.25, 0.3) is 0 Å². The second kappa shape index (κ2) is 5.17. The first-order valence-corrected chi connectivity index (χ1v) is 6.70. The van der Waals surface area contributed by atoms with Crippen molar-refractivity contribution in [3.63, 3.8) is 0 Å². The van der Waals surface area contributed by atoms with Crippen LogP contribution in [0.4, 0.5) is 14.5 Å². The van der Waals surface area contributed by atoms with Crippen LogP contribution >= 0.6 is 11.6 Å². The molecule has 0 aromatic heterocycles. The first kappa shape index (κ1) is 15.0. The molecule has 0 saturated heterocycles. The quantitative estimate of drug-likeness (QED) is 0.885. The Morgan fingerprint density at radius 1 is 1.30 bits per heavy atom. The fourth-order valence-electron chi connectivity index (χ4n) is 2.58. The standard InChI is InChI=1S/C15H16ClF2NO/c1-8(16)4-12-13(15(12,2)3)14(20)19-11-6-9(17)5-10(18)7-11/h4-7,12-13H,1-3H3,(H,19,20)/b8-4-/t12-,13+/m1/s1. The SMILES string of the molecule is C/C(Cl)=C/[C@@H]1[C@@H](C(=O)Nc2cc(F)cc(F)c2)C1(C)C. The Morgan fingerprint density at radius 3 is 2.35 bits per heavy atom. The predicted octanol–water partition coefficient (Wildman–Crippen LogP) is 4.32. The largest absolute Gasteiger partial charge is 0.326 e. The van der Waals surface area contributed by atoms with E-state index in [2.05, 4.69) is 5.32 Å². The zero-order valence-electron chi connectivity index (χ0n) is 11.5. The van der Waals surface area contributed by atoms with Gasteiger partial charge in [-0.3, -0.25) is 4.79 Å². The summed E-state index contributed by atoms with van der Waals surface area (Å²) in [5, 5.41) is 3.19. The number of allylic oxidation sites excluding steroid dienone is 2. The Balaban J connectivity index is 2.12. The van der Waals surface area contributed by atoms with Gasteiger partial charge in [-0.1, -0.05) is 31.5 Å². The van der Waals surface area contributed by atoms with Crippen molar-refractivity contribution >= 4 is 23.2 Å². The van der Waals surface area contributed by atoms with Gasteiger partial charge in [0, 0.05) is 16.8 Å².